The second kappa shape index (κ2) is 7.21. The van der Waals surface area contributed by atoms with E-state index >= 15 is 0 Å². The minimum Gasteiger partial charge on any atom is -0.691 e. The van der Waals surface area contributed by atoms with E-state index in [-0.39, 0.29) is 41.6 Å². The first kappa shape index (κ1) is 18.9. The van der Waals surface area contributed by atoms with Gasteiger partial charge in [-0.1, -0.05) is 0 Å². The maximum Gasteiger partial charge on any atom is 1.00 e. The maximum atomic E-state index is 13.3. The molecular formula is C13H17F2NaO5S. The van der Waals surface area contributed by atoms with Gasteiger partial charge >= 0.3 is 40.8 Å². The summed E-state index contributed by atoms with van der Waals surface area (Å²) in [6.45, 7) is 0.0315. The van der Waals surface area contributed by atoms with E-state index in [0.29, 0.717) is 17.8 Å². The van der Waals surface area contributed by atoms with Crippen molar-refractivity contribution in [1.29, 1.82) is 0 Å². The third-order valence-corrected chi connectivity index (χ3v) is 5.58. The van der Waals surface area contributed by atoms with Gasteiger partial charge in [0.15, 0.2) is 0 Å². The molecule has 4 aliphatic carbocycles. The minimum absolute atomic E-state index is 0. The Morgan fingerprint density at radius 3 is 2.14 bits per heavy atom. The quantitative estimate of drug-likeness (QED) is 0.207. The molecule has 120 valence electrons. The van der Waals surface area contributed by atoms with Crippen LogP contribution in [0.25, 0.3) is 0 Å². The number of carbonyl (C=O) groups excluding carboxylic acids is 1. The molecule has 4 saturated carbocycles. The molecule has 4 bridgehead atoms. The van der Waals surface area contributed by atoms with E-state index in [2.05, 4.69) is 9.37 Å². The van der Waals surface area contributed by atoms with E-state index in [1.165, 1.54) is 19.3 Å². The third kappa shape index (κ3) is 3.96. The topological polar surface area (TPSA) is 67.8 Å². The van der Waals surface area contributed by atoms with Crippen LogP contribution in [-0.2, 0) is 18.9 Å². The van der Waals surface area contributed by atoms with Crippen LogP contribution in [0.2, 0.25) is 0 Å². The number of ether oxygens (including phenoxy) is 1. The van der Waals surface area contributed by atoms with Crippen LogP contribution >= 0.6 is 12.0 Å². The molecule has 0 unspecified atom stereocenters. The van der Waals surface area contributed by atoms with Gasteiger partial charge in [0.2, 0.25) is 0 Å². The number of esters is 1. The Bertz CT molecular complexity index is 388. The second-order valence-electron chi connectivity index (χ2n) is 6.73. The zero-order valence-electron chi connectivity index (χ0n) is 12.4. The summed E-state index contributed by atoms with van der Waals surface area (Å²) in [5.41, 5.74) is -0.124. The van der Waals surface area contributed by atoms with Gasteiger partial charge in [-0.25, -0.2) is 4.79 Å². The Hall–Kier alpha value is 0.560. The normalized spacial score (nSPS) is 36.0. The molecule has 0 aromatic carbocycles. The molecule has 0 heterocycles. The SMILES string of the molecule is O=C(OCC12CC3CC(CC(C3)C1)C2)C(F)(F)SOO[O-].[Na+]. The number of carbonyl (C=O) groups is 1. The van der Waals surface area contributed by atoms with Gasteiger partial charge in [-0.15, -0.1) is 0 Å². The van der Waals surface area contributed by atoms with E-state index in [4.69, 9.17) is 4.74 Å². The van der Waals surface area contributed by atoms with E-state index in [1.807, 2.05) is 0 Å². The molecule has 0 saturated heterocycles. The molecule has 5 nitrogen and oxygen atoms in total. The summed E-state index contributed by atoms with van der Waals surface area (Å²) in [5, 5.41) is 8.45. The molecule has 0 atom stereocenters. The van der Waals surface area contributed by atoms with Crippen molar-refractivity contribution in [1.82, 2.24) is 0 Å². The van der Waals surface area contributed by atoms with Crippen LogP contribution in [0.3, 0.4) is 0 Å². The summed E-state index contributed by atoms with van der Waals surface area (Å²) in [6, 6.07) is 0. The van der Waals surface area contributed by atoms with Crippen LogP contribution in [0, 0.1) is 23.2 Å². The predicted octanol–water partition coefficient (Wildman–Crippen LogP) is -0.785. The number of hydrogen-bond donors (Lipinski definition) is 0. The molecule has 0 spiro atoms. The average Bonchev–Trinajstić information content (AvgIpc) is 2.41. The van der Waals surface area contributed by atoms with Crippen molar-refractivity contribution in [3.8, 4) is 0 Å². The fourth-order valence-electron chi connectivity index (χ4n) is 4.86. The van der Waals surface area contributed by atoms with Crippen molar-refractivity contribution >= 4 is 18.0 Å². The van der Waals surface area contributed by atoms with Gasteiger partial charge < -0.3 is 9.99 Å². The summed E-state index contributed by atoms with van der Waals surface area (Å²) >= 11 is -0.639. The van der Waals surface area contributed by atoms with Gasteiger partial charge in [0.25, 0.3) is 0 Å². The van der Waals surface area contributed by atoms with Crippen molar-refractivity contribution in [2.75, 3.05) is 6.61 Å². The van der Waals surface area contributed by atoms with E-state index in [9.17, 15) is 18.8 Å². The van der Waals surface area contributed by atoms with Crippen molar-refractivity contribution in [3.63, 3.8) is 0 Å². The van der Waals surface area contributed by atoms with Crippen LogP contribution in [0.4, 0.5) is 8.78 Å². The minimum atomic E-state index is -3.94. The first-order valence-electron chi connectivity index (χ1n) is 7.12. The fourth-order valence-corrected chi connectivity index (χ4v) is 5.10. The van der Waals surface area contributed by atoms with Crippen LogP contribution < -0.4 is 34.8 Å². The monoisotopic (exact) mass is 346 g/mol. The zero-order chi connectivity index (χ0) is 15.1. The maximum absolute atomic E-state index is 13.3. The molecule has 4 aliphatic rings. The third-order valence-electron chi connectivity index (χ3n) is 5.08. The molecule has 22 heavy (non-hydrogen) atoms. The number of halogens is 2. The molecule has 0 amide bonds. The summed E-state index contributed by atoms with van der Waals surface area (Å²) in [4.78, 5) is 11.4. The number of hydrogen-bond acceptors (Lipinski definition) is 6. The Morgan fingerprint density at radius 2 is 1.68 bits per heavy atom. The standard InChI is InChI=1S/C13H18F2O5S.Na/c14-13(15,21-20-19-17)11(16)18-7-12-4-8-1-9(5-12)3-10(2-8)6-12;/h8-10,17H,1-7H2;/q;+1/p-1. The molecule has 0 N–H and O–H groups in total. The van der Waals surface area contributed by atoms with Crippen LogP contribution in [-0.4, -0.2) is 17.8 Å². The first-order valence-corrected chi connectivity index (χ1v) is 7.86. The molecule has 4 rings (SSSR count). The summed E-state index contributed by atoms with van der Waals surface area (Å²) in [7, 11) is 0. The largest absolute Gasteiger partial charge is 1.00 e. The molecule has 0 aromatic rings. The Labute approximate surface area is 153 Å². The number of alkyl halides is 2. The van der Waals surface area contributed by atoms with Crippen molar-refractivity contribution < 1.29 is 62.5 Å². The predicted molar refractivity (Wildman–Crippen MR) is 66.3 cm³/mol. The second-order valence-corrected chi connectivity index (χ2v) is 7.55. The van der Waals surface area contributed by atoms with Gasteiger partial charge in [0.1, 0.15) is 12.0 Å². The summed E-state index contributed by atoms with van der Waals surface area (Å²) < 4.78 is 35.0. The van der Waals surface area contributed by atoms with Crippen molar-refractivity contribution in [2.45, 2.75) is 43.8 Å². The van der Waals surface area contributed by atoms with Gasteiger partial charge in [0, 0.05) is 5.41 Å². The van der Waals surface area contributed by atoms with Crippen molar-refractivity contribution in [2.24, 2.45) is 23.2 Å². The Kier molecular flexibility index (Phi) is 6.19. The smallest absolute Gasteiger partial charge is 0.691 e. The van der Waals surface area contributed by atoms with Gasteiger partial charge in [0.05, 0.1) is 6.61 Å². The van der Waals surface area contributed by atoms with Gasteiger partial charge in [-0.3, -0.25) is 5.04 Å². The summed E-state index contributed by atoms with van der Waals surface area (Å²) in [5.74, 6) is 0.284. The van der Waals surface area contributed by atoms with Crippen LogP contribution in [0.5, 0.6) is 0 Å². The molecule has 0 aromatic heterocycles. The van der Waals surface area contributed by atoms with Gasteiger partial charge in [-0.05, 0) is 56.3 Å². The molecule has 4 fully saturated rings. The van der Waals surface area contributed by atoms with Crippen LogP contribution in [0.15, 0.2) is 0 Å². The molecule has 0 radical (unpaired) electrons. The fraction of sp³-hybridized carbons (Fsp3) is 0.923. The number of rotatable bonds is 6. The molecular weight excluding hydrogens is 329 g/mol. The molecule has 0 aliphatic heterocycles. The summed E-state index contributed by atoms with van der Waals surface area (Å²) in [6.07, 6.45) is 6.58. The first-order chi connectivity index (χ1) is 9.92. The molecule has 9 heteroatoms. The Balaban J connectivity index is 0.00000176. The van der Waals surface area contributed by atoms with E-state index in [1.54, 1.807) is 0 Å². The van der Waals surface area contributed by atoms with Crippen molar-refractivity contribution in [3.05, 3.63) is 0 Å². The van der Waals surface area contributed by atoms with Crippen LogP contribution in [0.1, 0.15) is 38.5 Å². The van der Waals surface area contributed by atoms with E-state index < -0.39 is 23.3 Å². The zero-order valence-corrected chi connectivity index (χ0v) is 15.2. The average molecular weight is 346 g/mol. The Morgan fingerprint density at radius 1 is 1.18 bits per heavy atom. The van der Waals surface area contributed by atoms with E-state index in [0.717, 1.165) is 19.3 Å². The van der Waals surface area contributed by atoms with Gasteiger partial charge in [-0.2, -0.15) is 13.1 Å².